The lowest BCUT2D eigenvalue weighted by molar-refractivity contribution is -0.0250. The quantitative estimate of drug-likeness (QED) is 0.860. The van der Waals surface area contributed by atoms with Crippen LogP contribution in [0.4, 0.5) is 5.82 Å². The zero-order valence-corrected chi connectivity index (χ0v) is 15.7. The molecule has 1 aromatic heterocycles. The third-order valence-electron chi connectivity index (χ3n) is 5.97. The number of likely N-dealkylation sites (tertiary alicyclic amines) is 1. The van der Waals surface area contributed by atoms with Gasteiger partial charge < -0.3 is 20.0 Å². The van der Waals surface area contributed by atoms with E-state index >= 15 is 0 Å². The van der Waals surface area contributed by atoms with Gasteiger partial charge in [0, 0.05) is 32.4 Å². The van der Waals surface area contributed by atoms with Crippen LogP contribution in [0.25, 0.3) is 0 Å². The average Bonchev–Trinajstić information content (AvgIpc) is 2.90. The zero-order chi connectivity index (χ0) is 18.6. The Morgan fingerprint density at radius 3 is 2.77 bits per heavy atom. The molecule has 3 rings (SSSR count). The summed E-state index contributed by atoms with van der Waals surface area (Å²) in [5.41, 5.74) is -0.430. The van der Waals surface area contributed by atoms with Gasteiger partial charge in [0.1, 0.15) is 5.82 Å². The molecule has 0 aromatic carbocycles. The normalized spacial score (nSPS) is 25.0. The highest BCUT2D eigenvalue weighted by molar-refractivity contribution is 5.99. The van der Waals surface area contributed by atoms with Crippen molar-refractivity contribution in [2.45, 2.75) is 63.0 Å². The lowest BCUT2D eigenvalue weighted by atomic mass is 9.94. The minimum absolute atomic E-state index is 0.0297. The first-order chi connectivity index (χ1) is 12.5. The molecule has 1 aliphatic heterocycles. The van der Waals surface area contributed by atoms with Gasteiger partial charge in [-0.1, -0.05) is 19.3 Å². The van der Waals surface area contributed by atoms with E-state index in [2.05, 4.69) is 9.88 Å². The van der Waals surface area contributed by atoms with Crippen molar-refractivity contribution in [3.8, 4) is 0 Å². The van der Waals surface area contributed by atoms with Gasteiger partial charge in [-0.25, -0.2) is 4.98 Å². The minimum atomic E-state index is -1.06. The second kappa shape index (κ2) is 8.35. The first-order valence-electron chi connectivity index (χ1n) is 9.84. The van der Waals surface area contributed by atoms with Crippen LogP contribution in [0.3, 0.4) is 0 Å². The lowest BCUT2D eigenvalue weighted by Gasteiger charge is -2.33. The molecule has 2 aliphatic rings. The van der Waals surface area contributed by atoms with E-state index in [1.54, 1.807) is 11.1 Å². The van der Waals surface area contributed by atoms with Gasteiger partial charge in [-0.3, -0.25) is 4.79 Å². The number of rotatable bonds is 4. The topological polar surface area (TPSA) is 76.9 Å². The zero-order valence-electron chi connectivity index (χ0n) is 15.7. The molecule has 0 bridgehead atoms. The standard InChI is InChI=1S/C20H31N3O3/c1-22(16-7-3-2-4-8-16)18-17(9-5-12-21-18)19(25)23-13-6-10-20(26,15-24)11-14-23/h5,9,12,16,24,26H,2-4,6-8,10-11,13-15H2,1H3. The van der Waals surface area contributed by atoms with E-state index in [4.69, 9.17) is 0 Å². The van der Waals surface area contributed by atoms with Gasteiger partial charge in [-0.05, 0) is 44.2 Å². The first-order valence-corrected chi connectivity index (χ1v) is 9.84. The number of anilines is 1. The number of hydrogen-bond acceptors (Lipinski definition) is 5. The molecular weight excluding hydrogens is 330 g/mol. The molecule has 0 spiro atoms. The van der Waals surface area contributed by atoms with E-state index < -0.39 is 5.60 Å². The van der Waals surface area contributed by atoms with Crippen molar-refractivity contribution in [2.24, 2.45) is 0 Å². The third kappa shape index (κ3) is 4.18. The molecular formula is C20H31N3O3. The van der Waals surface area contributed by atoms with Crippen molar-refractivity contribution in [2.75, 3.05) is 31.6 Å². The maximum absolute atomic E-state index is 13.2. The van der Waals surface area contributed by atoms with Crippen molar-refractivity contribution in [3.63, 3.8) is 0 Å². The highest BCUT2D eigenvalue weighted by atomic mass is 16.3. The molecule has 144 valence electrons. The molecule has 0 radical (unpaired) electrons. The summed E-state index contributed by atoms with van der Waals surface area (Å²) >= 11 is 0. The van der Waals surface area contributed by atoms with E-state index in [9.17, 15) is 15.0 Å². The molecule has 1 aromatic rings. The van der Waals surface area contributed by atoms with Gasteiger partial charge in [0.25, 0.3) is 5.91 Å². The van der Waals surface area contributed by atoms with Crippen molar-refractivity contribution >= 4 is 11.7 Å². The van der Waals surface area contributed by atoms with Gasteiger partial charge in [0.2, 0.25) is 0 Å². The maximum Gasteiger partial charge on any atom is 0.257 e. The number of aliphatic hydroxyl groups is 2. The van der Waals surface area contributed by atoms with Crippen molar-refractivity contribution < 1.29 is 15.0 Å². The largest absolute Gasteiger partial charge is 0.393 e. The maximum atomic E-state index is 13.2. The average molecular weight is 361 g/mol. The summed E-state index contributed by atoms with van der Waals surface area (Å²) in [7, 11) is 2.04. The number of aliphatic hydroxyl groups excluding tert-OH is 1. The molecule has 1 saturated carbocycles. The Hall–Kier alpha value is -1.66. The number of carbonyl (C=O) groups excluding carboxylic acids is 1. The first kappa shape index (κ1) is 19.1. The fraction of sp³-hybridized carbons (Fsp3) is 0.700. The summed E-state index contributed by atoms with van der Waals surface area (Å²) < 4.78 is 0. The Labute approximate surface area is 155 Å². The van der Waals surface area contributed by atoms with Crippen molar-refractivity contribution in [1.82, 2.24) is 9.88 Å². The SMILES string of the molecule is CN(c1ncccc1C(=O)N1CCCC(O)(CO)CC1)C1CCCCC1. The van der Waals surface area contributed by atoms with Crippen LogP contribution in [0.5, 0.6) is 0 Å². The summed E-state index contributed by atoms with van der Waals surface area (Å²) in [5.74, 6) is 0.726. The predicted molar refractivity (Wildman–Crippen MR) is 101 cm³/mol. The fourth-order valence-corrected chi connectivity index (χ4v) is 4.20. The molecule has 1 amide bonds. The van der Waals surface area contributed by atoms with Gasteiger partial charge in [0.15, 0.2) is 0 Å². The van der Waals surface area contributed by atoms with Crippen LogP contribution in [0.1, 0.15) is 61.7 Å². The van der Waals surface area contributed by atoms with Crippen LogP contribution in [0.15, 0.2) is 18.3 Å². The molecule has 2 heterocycles. The predicted octanol–water partition coefficient (Wildman–Crippen LogP) is 2.20. The van der Waals surface area contributed by atoms with E-state index in [0.29, 0.717) is 44.0 Å². The van der Waals surface area contributed by atoms with E-state index in [1.807, 2.05) is 19.2 Å². The highest BCUT2D eigenvalue weighted by Gasteiger charge is 2.32. The number of pyridine rings is 1. The second-order valence-corrected chi connectivity index (χ2v) is 7.81. The van der Waals surface area contributed by atoms with E-state index in [0.717, 1.165) is 18.7 Å². The molecule has 2 N–H and O–H groups in total. The summed E-state index contributed by atoms with van der Waals surface area (Å²) in [6.45, 7) is 0.803. The Balaban J connectivity index is 1.77. The molecule has 1 unspecified atom stereocenters. The van der Waals surface area contributed by atoms with Crippen LogP contribution in [-0.4, -0.2) is 64.4 Å². The van der Waals surface area contributed by atoms with E-state index in [1.165, 1.54) is 19.3 Å². The number of carbonyl (C=O) groups is 1. The van der Waals surface area contributed by atoms with Gasteiger partial charge in [-0.2, -0.15) is 0 Å². The van der Waals surface area contributed by atoms with Crippen LogP contribution < -0.4 is 4.90 Å². The number of aromatic nitrogens is 1. The Kier molecular flexibility index (Phi) is 6.14. The lowest BCUT2D eigenvalue weighted by Crippen LogP contribution is -2.38. The summed E-state index contributed by atoms with van der Waals surface area (Å²) in [6.07, 6.45) is 9.42. The molecule has 1 aliphatic carbocycles. The van der Waals surface area contributed by atoms with E-state index in [-0.39, 0.29) is 12.5 Å². The number of nitrogens with zero attached hydrogens (tertiary/aromatic N) is 3. The van der Waals surface area contributed by atoms with Crippen molar-refractivity contribution in [1.29, 1.82) is 0 Å². The molecule has 6 heteroatoms. The molecule has 6 nitrogen and oxygen atoms in total. The van der Waals surface area contributed by atoms with Gasteiger partial charge in [0.05, 0.1) is 17.8 Å². The molecule has 26 heavy (non-hydrogen) atoms. The second-order valence-electron chi connectivity index (χ2n) is 7.81. The number of amides is 1. The Bertz CT molecular complexity index is 618. The molecule has 1 atom stereocenters. The van der Waals surface area contributed by atoms with Crippen LogP contribution in [0.2, 0.25) is 0 Å². The van der Waals surface area contributed by atoms with Gasteiger partial charge in [-0.15, -0.1) is 0 Å². The van der Waals surface area contributed by atoms with Crippen LogP contribution in [0, 0.1) is 0 Å². The number of hydrogen-bond donors (Lipinski definition) is 2. The third-order valence-corrected chi connectivity index (χ3v) is 5.97. The highest BCUT2D eigenvalue weighted by Crippen LogP contribution is 2.29. The van der Waals surface area contributed by atoms with Gasteiger partial charge >= 0.3 is 0 Å². The Morgan fingerprint density at radius 2 is 2.04 bits per heavy atom. The van der Waals surface area contributed by atoms with Crippen LogP contribution in [-0.2, 0) is 0 Å². The summed E-state index contributed by atoms with van der Waals surface area (Å²) in [6, 6.07) is 4.11. The summed E-state index contributed by atoms with van der Waals surface area (Å²) in [5, 5.41) is 19.7. The Morgan fingerprint density at radius 1 is 1.27 bits per heavy atom. The van der Waals surface area contributed by atoms with Crippen LogP contribution >= 0.6 is 0 Å². The summed E-state index contributed by atoms with van der Waals surface area (Å²) in [4.78, 5) is 21.7. The minimum Gasteiger partial charge on any atom is -0.393 e. The molecule has 1 saturated heterocycles. The monoisotopic (exact) mass is 361 g/mol. The fourth-order valence-electron chi connectivity index (χ4n) is 4.20. The molecule has 2 fully saturated rings. The smallest absolute Gasteiger partial charge is 0.257 e. The van der Waals surface area contributed by atoms with Crippen molar-refractivity contribution in [3.05, 3.63) is 23.9 Å².